The highest BCUT2D eigenvalue weighted by Crippen LogP contribution is 2.22. The van der Waals surface area contributed by atoms with E-state index in [0.29, 0.717) is 18.0 Å². The van der Waals surface area contributed by atoms with Gasteiger partial charge in [0.2, 0.25) is 0 Å². The second-order valence-corrected chi connectivity index (χ2v) is 2.42. The Morgan fingerprint density at radius 2 is 2.23 bits per heavy atom. The van der Waals surface area contributed by atoms with Crippen LogP contribution < -0.4 is 15.8 Å². The van der Waals surface area contributed by atoms with Crippen LogP contribution in [0.3, 0.4) is 0 Å². The first-order valence-corrected chi connectivity index (χ1v) is 4.02. The quantitative estimate of drug-likeness (QED) is 0.741. The number of rotatable bonds is 3. The van der Waals surface area contributed by atoms with Gasteiger partial charge in [0.1, 0.15) is 5.75 Å². The standard InChI is InChI=1S/C9H12N2O2/c1-2-13-8-6-4-3-5-7(8)11-9(10)12/h3-6H,2H2,1H3,(H3,10,11,12). The van der Waals surface area contributed by atoms with Crippen molar-refractivity contribution in [3.05, 3.63) is 24.3 Å². The van der Waals surface area contributed by atoms with Crippen LogP contribution in [-0.2, 0) is 0 Å². The highest BCUT2D eigenvalue weighted by molar-refractivity contribution is 5.89. The number of hydrogen-bond donors (Lipinski definition) is 2. The third kappa shape index (κ3) is 2.66. The minimum absolute atomic E-state index is 0.553. The van der Waals surface area contributed by atoms with Crippen LogP contribution in [0.5, 0.6) is 5.75 Å². The van der Waals surface area contributed by atoms with E-state index in [0.717, 1.165) is 0 Å². The molecule has 0 saturated carbocycles. The number of hydrogen-bond acceptors (Lipinski definition) is 2. The maximum absolute atomic E-state index is 10.6. The Hall–Kier alpha value is -1.71. The summed E-state index contributed by atoms with van der Waals surface area (Å²) in [4.78, 5) is 10.6. The van der Waals surface area contributed by atoms with E-state index in [-0.39, 0.29) is 0 Å². The number of amides is 2. The molecule has 4 nitrogen and oxygen atoms in total. The SMILES string of the molecule is CCOc1ccccc1NC(N)=O. The lowest BCUT2D eigenvalue weighted by Gasteiger charge is -2.08. The molecule has 4 heteroatoms. The Kier molecular flexibility index (Phi) is 3.14. The Bertz CT molecular complexity index is 299. The van der Waals surface area contributed by atoms with E-state index >= 15 is 0 Å². The van der Waals surface area contributed by atoms with E-state index in [1.807, 2.05) is 13.0 Å². The molecule has 0 aliphatic rings. The molecule has 1 rings (SSSR count). The molecular weight excluding hydrogens is 168 g/mol. The highest BCUT2D eigenvalue weighted by Gasteiger charge is 2.02. The Morgan fingerprint density at radius 1 is 1.54 bits per heavy atom. The number of benzene rings is 1. The molecule has 0 bridgehead atoms. The van der Waals surface area contributed by atoms with E-state index in [2.05, 4.69) is 5.32 Å². The predicted molar refractivity (Wildman–Crippen MR) is 50.8 cm³/mol. The molecule has 1 aromatic carbocycles. The van der Waals surface area contributed by atoms with Crippen LogP contribution in [0.1, 0.15) is 6.92 Å². The molecule has 2 amide bonds. The molecule has 0 heterocycles. The lowest BCUT2D eigenvalue weighted by molar-refractivity contribution is 0.259. The van der Waals surface area contributed by atoms with Gasteiger partial charge in [-0.25, -0.2) is 4.79 Å². The smallest absolute Gasteiger partial charge is 0.316 e. The fourth-order valence-electron chi connectivity index (χ4n) is 0.984. The van der Waals surface area contributed by atoms with E-state index in [9.17, 15) is 4.79 Å². The van der Waals surface area contributed by atoms with Gasteiger partial charge in [0.25, 0.3) is 0 Å². The molecule has 0 aromatic heterocycles. The monoisotopic (exact) mass is 180 g/mol. The van der Waals surface area contributed by atoms with Crippen molar-refractivity contribution in [2.24, 2.45) is 5.73 Å². The van der Waals surface area contributed by atoms with E-state index < -0.39 is 6.03 Å². The van der Waals surface area contributed by atoms with Crippen LogP contribution in [0.2, 0.25) is 0 Å². The molecule has 1 aromatic rings. The largest absolute Gasteiger partial charge is 0.492 e. The summed E-state index contributed by atoms with van der Waals surface area (Å²) in [5.41, 5.74) is 5.58. The predicted octanol–water partition coefficient (Wildman–Crippen LogP) is 1.58. The van der Waals surface area contributed by atoms with Crippen molar-refractivity contribution >= 4 is 11.7 Å². The van der Waals surface area contributed by atoms with E-state index in [4.69, 9.17) is 10.5 Å². The van der Waals surface area contributed by atoms with Gasteiger partial charge in [0.05, 0.1) is 12.3 Å². The lowest BCUT2D eigenvalue weighted by atomic mass is 10.3. The zero-order chi connectivity index (χ0) is 9.68. The van der Waals surface area contributed by atoms with Crippen LogP contribution in [0.4, 0.5) is 10.5 Å². The molecule has 0 saturated heterocycles. The number of primary amides is 1. The maximum Gasteiger partial charge on any atom is 0.316 e. The van der Waals surface area contributed by atoms with Gasteiger partial charge in [-0.3, -0.25) is 0 Å². The van der Waals surface area contributed by atoms with Crippen LogP contribution in [-0.4, -0.2) is 12.6 Å². The fourth-order valence-corrected chi connectivity index (χ4v) is 0.984. The second kappa shape index (κ2) is 4.35. The minimum atomic E-state index is -0.591. The number of ether oxygens (including phenoxy) is 1. The number of carbonyl (C=O) groups excluding carboxylic acids is 1. The first-order chi connectivity index (χ1) is 6.24. The summed E-state index contributed by atoms with van der Waals surface area (Å²) in [6.07, 6.45) is 0. The summed E-state index contributed by atoms with van der Waals surface area (Å²) >= 11 is 0. The molecule has 70 valence electrons. The Morgan fingerprint density at radius 3 is 2.85 bits per heavy atom. The number of nitrogens with two attached hydrogens (primary N) is 1. The number of carbonyl (C=O) groups is 1. The molecule has 0 radical (unpaired) electrons. The Labute approximate surface area is 76.7 Å². The van der Waals surface area contributed by atoms with Gasteiger partial charge in [-0.05, 0) is 19.1 Å². The summed E-state index contributed by atoms with van der Waals surface area (Å²) in [6.45, 7) is 2.43. The van der Waals surface area contributed by atoms with Gasteiger partial charge in [-0.1, -0.05) is 12.1 Å². The summed E-state index contributed by atoms with van der Waals surface area (Å²) < 4.78 is 5.27. The van der Waals surface area contributed by atoms with Crippen LogP contribution in [0.15, 0.2) is 24.3 Å². The van der Waals surface area contributed by atoms with Gasteiger partial charge < -0.3 is 15.8 Å². The second-order valence-electron chi connectivity index (χ2n) is 2.42. The molecule has 0 aliphatic heterocycles. The number of para-hydroxylation sites is 2. The molecular formula is C9H12N2O2. The fraction of sp³-hybridized carbons (Fsp3) is 0.222. The number of nitrogens with one attached hydrogen (secondary N) is 1. The molecule has 0 spiro atoms. The topological polar surface area (TPSA) is 64.3 Å². The average Bonchev–Trinajstić information content (AvgIpc) is 2.08. The van der Waals surface area contributed by atoms with Crippen molar-refractivity contribution < 1.29 is 9.53 Å². The summed E-state index contributed by atoms with van der Waals surface area (Å²) in [7, 11) is 0. The van der Waals surface area contributed by atoms with Crippen molar-refractivity contribution in [3.8, 4) is 5.75 Å². The van der Waals surface area contributed by atoms with Gasteiger partial charge in [-0.2, -0.15) is 0 Å². The third-order valence-corrected chi connectivity index (χ3v) is 1.44. The first kappa shape index (κ1) is 9.38. The first-order valence-electron chi connectivity index (χ1n) is 4.02. The van der Waals surface area contributed by atoms with Crippen molar-refractivity contribution in [2.75, 3.05) is 11.9 Å². The Balaban J connectivity index is 2.84. The zero-order valence-electron chi connectivity index (χ0n) is 7.41. The normalized spacial score (nSPS) is 9.31. The summed E-state index contributed by atoms with van der Waals surface area (Å²) in [5, 5.41) is 2.47. The highest BCUT2D eigenvalue weighted by atomic mass is 16.5. The van der Waals surface area contributed by atoms with Crippen molar-refractivity contribution in [3.63, 3.8) is 0 Å². The molecule has 3 N–H and O–H groups in total. The molecule has 0 fully saturated rings. The van der Waals surface area contributed by atoms with Crippen molar-refractivity contribution in [1.82, 2.24) is 0 Å². The molecule has 0 aliphatic carbocycles. The van der Waals surface area contributed by atoms with Crippen molar-refractivity contribution in [1.29, 1.82) is 0 Å². The molecule has 0 atom stereocenters. The van der Waals surface area contributed by atoms with Crippen LogP contribution >= 0.6 is 0 Å². The lowest BCUT2D eigenvalue weighted by Crippen LogP contribution is -2.19. The number of anilines is 1. The van der Waals surface area contributed by atoms with Crippen LogP contribution in [0.25, 0.3) is 0 Å². The maximum atomic E-state index is 10.6. The number of urea groups is 1. The average molecular weight is 180 g/mol. The zero-order valence-corrected chi connectivity index (χ0v) is 7.41. The minimum Gasteiger partial charge on any atom is -0.492 e. The molecule has 0 unspecified atom stereocenters. The van der Waals surface area contributed by atoms with Gasteiger partial charge in [0, 0.05) is 0 Å². The van der Waals surface area contributed by atoms with E-state index in [1.165, 1.54) is 0 Å². The van der Waals surface area contributed by atoms with Crippen LogP contribution in [0, 0.1) is 0 Å². The summed E-state index contributed by atoms with van der Waals surface area (Å²) in [6, 6.07) is 6.54. The van der Waals surface area contributed by atoms with Crippen molar-refractivity contribution in [2.45, 2.75) is 6.92 Å². The third-order valence-electron chi connectivity index (χ3n) is 1.44. The van der Waals surface area contributed by atoms with E-state index in [1.54, 1.807) is 18.2 Å². The summed E-state index contributed by atoms with van der Waals surface area (Å²) in [5.74, 6) is 0.629. The van der Waals surface area contributed by atoms with Gasteiger partial charge in [0.15, 0.2) is 0 Å². The molecule has 13 heavy (non-hydrogen) atoms. The van der Waals surface area contributed by atoms with Gasteiger partial charge >= 0.3 is 6.03 Å². The van der Waals surface area contributed by atoms with Gasteiger partial charge in [-0.15, -0.1) is 0 Å².